The number of carbonyl (C=O) groups excluding carboxylic acids is 1. The van der Waals surface area contributed by atoms with Gasteiger partial charge < -0.3 is 0 Å². The first kappa shape index (κ1) is 20.4. The molecule has 4 aromatic rings. The largest absolute Gasteiger partial charge is 0.273 e. The van der Waals surface area contributed by atoms with Crippen molar-refractivity contribution in [3.63, 3.8) is 0 Å². The van der Waals surface area contributed by atoms with Crippen molar-refractivity contribution >= 4 is 55.9 Å². The van der Waals surface area contributed by atoms with Crippen molar-refractivity contribution in [1.29, 1.82) is 0 Å². The normalized spacial score (nSPS) is 11.7. The molecule has 0 aliphatic carbocycles. The maximum atomic E-state index is 12.2. The number of hydrogen-bond donors (Lipinski definition) is 1. The number of carbonyl (C=O) groups is 1. The topological polar surface area (TPSA) is 63.2 Å². The van der Waals surface area contributed by atoms with Crippen molar-refractivity contribution in [3.05, 3.63) is 95.9 Å². The predicted molar refractivity (Wildman–Crippen MR) is 123 cm³/mol. The van der Waals surface area contributed by atoms with Gasteiger partial charge in [-0.2, -0.15) is 0 Å². The van der Waals surface area contributed by atoms with Crippen molar-refractivity contribution in [2.75, 3.05) is 0 Å². The average molecular weight is 452 g/mol. The van der Waals surface area contributed by atoms with E-state index in [2.05, 4.69) is 35.1 Å². The van der Waals surface area contributed by atoms with Gasteiger partial charge in [-0.15, -0.1) is 11.3 Å². The molecule has 0 saturated carbocycles. The molecule has 30 heavy (non-hydrogen) atoms. The number of fused-ring (bicyclic) bond motifs is 1. The van der Waals surface area contributed by atoms with E-state index in [-0.39, 0.29) is 4.21 Å². The summed E-state index contributed by atoms with van der Waals surface area (Å²) in [5, 5.41) is 3.99. The summed E-state index contributed by atoms with van der Waals surface area (Å²) in [6.45, 7) is 0. The highest BCUT2D eigenvalue weighted by atomic mass is 32.2. The van der Waals surface area contributed by atoms with Crippen molar-refractivity contribution in [1.82, 2.24) is 4.72 Å². The Hall–Kier alpha value is -2.87. The molecule has 0 atom stereocenters. The summed E-state index contributed by atoms with van der Waals surface area (Å²) in [5.74, 6) is -0.686. The third-order valence-corrected chi connectivity index (χ3v) is 8.10. The van der Waals surface area contributed by atoms with Crippen LogP contribution in [0.3, 0.4) is 0 Å². The summed E-state index contributed by atoms with van der Waals surface area (Å²) >= 11 is 2.65. The van der Waals surface area contributed by atoms with Crippen LogP contribution in [0.15, 0.2) is 104 Å². The molecule has 0 bridgehead atoms. The number of benzene rings is 3. The van der Waals surface area contributed by atoms with Crippen LogP contribution < -0.4 is 4.72 Å². The maximum Gasteiger partial charge on any atom is 0.273 e. The molecular formula is C23H17NO3S3. The van der Waals surface area contributed by atoms with Gasteiger partial charge in [0.2, 0.25) is 0 Å². The van der Waals surface area contributed by atoms with Gasteiger partial charge in [-0.3, -0.25) is 4.79 Å². The lowest BCUT2D eigenvalue weighted by Crippen LogP contribution is -2.28. The molecule has 150 valence electrons. The quantitative estimate of drug-likeness (QED) is 0.389. The smallest absolute Gasteiger partial charge is 0.269 e. The van der Waals surface area contributed by atoms with E-state index >= 15 is 0 Å². The van der Waals surface area contributed by atoms with E-state index in [9.17, 15) is 13.2 Å². The molecule has 0 spiro atoms. The Morgan fingerprint density at radius 2 is 1.67 bits per heavy atom. The molecule has 1 aromatic heterocycles. The Labute approximate surface area is 183 Å². The minimum Gasteiger partial charge on any atom is -0.269 e. The second-order valence-electron chi connectivity index (χ2n) is 6.38. The summed E-state index contributed by atoms with van der Waals surface area (Å²) in [6.07, 6.45) is 2.87. The number of sulfonamides is 1. The number of rotatable bonds is 6. The molecule has 1 heterocycles. The summed E-state index contributed by atoms with van der Waals surface area (Å²) in [4.78, 5) is 14.2. The molecule has 0 unspecified atom stereocenters. The van der Waals surface area contributed by atoms with Gasteiger partial charge in [-0.25, -0.2) is 13.1 Å². The molecule has 3 aromatic carbocycles. The summed E-state index contributed by atoms with van der Waals surface area (Å²) in [7, 11) is -3.84. The average Bonchev–Trinajstić information content (AvgIpc) is 3.29. The van der Waals surface area contributed by atoms with Crippen LogP contribution in [-0.2, 0) is 14.8 Å². The van der Waals surface area contributed by atoms with Crippen LogP contribution in [0.1, 0.15) is 5.56 Å². The Balaban J connectivity index is 1.52. The molecule has 7 heteroatoms. The lowest BCUT2D eigenvalue weighted by molar-refractivity contribution is -0.114. The van der Waals surface area contributed by atoms with Crippen LogP contribution in [0.5, 0.6) is 0 Å². The lowest BCUT2D eigenvalue weighted by atomic mass is 10.1. The number of nitrogens with one attached hydrogen (secondary N) is 1. The van der Waals surface area contributed by atoms with Gasteiger partial charge in [0, 0.05) is 15.9 Å². The van der Waals surface area contributed by atoms with E-state index in [4.69, 9.17) is 0 Å². The van der Waals surface area contributed by atoms with Gasteiger partial charge >= 0.3 is 0 Å². The molecule has 4 nitrogen and oxygen atoms in total. The zero-order chi connectivity index (χ0) is 21.0. The van der Waals surface area contributed by atoms with Gasteiger partial charge in [0.05, 0.1) is 0 Å². The zero-order valence-electron chi connectivity index (χ0n) is 15.7. The van der Waals surface area contributed by atoms with Gasteiger partial charge in [0.1, 0.15) is 4.21 Å². The highest BCUT2D eigenvalue weighted by molar-refractivity contribution is 7.99. The summed E-state index contributed by atoms with van der Waals surface area (Å²) in [6, 6.07) is 25.2. The van der Waals surface area contributed by atoms with E-state index < -0.39 is 15.9 Å². The van der Waals surface area contributed by atoms with E-state index in [1.165, 1.54) is 17.5 Å². The van der Waals surface area contributed by atoms with Crippen molar-refractivity contribution in [3.8, 4) is 0 Å². The number of amides is 1. The molecule has 1 N–H and O–H groups in total. The molecular weight excluding hydrogens is 434 g/mol. The maximum absolute atomic E-state index is 12.2. The van der Waals surface area contributed by atoms with E-state index in [0.717, 1.165) is 32.1 Å². The van der Waals surface area contributed by atoms with Crippen molar-refractivity contribution < 1.29 is 13.2 Å². The fraction of sp³-hybridized carbons (Fsp3) is 0. The van der Waals surface area contributed by atoms with Gasteiger partial charge in [0.25, 0.3) is 15.9 Å². The Morgan fingerprint density at radius 3 is 2.47 bits per heavy atom. The first-order valence-electron chi connectivity index (χ1n) is 9.05. The Bertz CT molecular complexity index is 1330. The zero-order valence-corrected chi connectivity index (χ0v) is 18.1. The second kappa shape index (κ2) is 8.87. The van der Waals surface area contributed by atoms with Crippen molar-refractivity contribution in [2.45, 2.75) is 14.0 Å². The Morgan fingerprint density at radius 1 is 0.900 bits per heavy atom. The highest BCUT2D eigenvalue weighted by Gasteiger charge is 2.17. The minimum atomic E-state index is -3.84. The molecule has 4 rings (SSSR count). The molecule has 1 amide bonds. The predicted octanol–water partition coefficient (Wildman–Crippen LogP) is 5.57. The van der Waals surface area contributed by atoms with Crippen molar-refractivity contribution in [2.24, 2.45) is 0 Å². The lowest BCUT2D eigenvalue weighted by Gasteiger charge is -2.07. The van der Waals surface area contributed by atoms with Crippen LogP contribution in [0.25, 0.3) is 16.8 Å². The SMILES string of the molecule is O=C(/C=C/c1ccccc1Sc1ccc2ccccc2c1)NS(=O)(=O)c1cccs1. The summed E-state index contributed by atoms with van der Waals surface area (Å²) < 4.78 is 26.5. The first-order valence-corrected chi connectivity index (χ1v) is 12.2. The van der Waals surface area contributed by atoms with Crippen LogP contribution in [0.2, 0.25) is 0 Å². The van der Waals surface area contributed by atoms with E-state index in [1.54, 1.807) is 29.3 Å². The van der Waals surface area contributed by atoms with Crippen LogP contribution in [0, 0.1) is 0 Å². The van der Waals surface area contributed by atoms with E-state index in [1.807, 2.05) is 36.4 Å². The minimum absolute atomic E-state index is 0.108. The molecule has 0 radical (unpaired) electrons. The molecule has 0 aliphatic rings. The van der Waals surface area contributed by atoms with Gasteiger partial charge in [0.15, 0.2) is 0 Å². The van der Waals surface area contributed by atoms with Crippen LogP contribution in [-0.4, -0.2) is 14.3 Å². The van der Waals surface area contributed by atoms with Crippen LogP contribution >= 0.6 is 23.1 Å². The van der Waals surface area contributed by atoms with Crippen LogP contribution in [0.4, 0.5) is 0 Å². The number of thiophene rings is 1. The third kappa shape index (κ3) is 4.81. The van der Waals surface area contributed by atoms with Gasteiger partial charge in [-0.1, -0.05) is 66.4 Å². The fourth-order valence-corrected chi connectivity index (χ4v) is 5.78. The highest BCUT2D eigenvalue weighted by Crippen LogP contribution is 2.33. The first-order chi connectivity index (χ1) is 14.5. The monoisotopic (exact) mass is 451 g/mol. The third-order valence-electron chi connectivity index (χ3n) is 4.28. The molecule has 0 saturated heterocycles. The van der Waals surface area contributed by atoms with Gasteiger partial charge in [-0.05, 0) is 52.1 Å². The standard InChI is InChI=1S/C23H17NO3S3/c25-22(24-30(26,27)23-10-5-15-28-23)14-12-18-7-3-4-9-21(18)29-20-13-11-17-6-1-2-8-19(17)16-20/h1-16H,(H,24,25)/b14-12+. The summed E-state index contributed by atoms with van der Waals surface area (Å²) in [5.41, 5.74) is 0.833. The van der Waals surface area contributed by atoms with E-state index in [0.29, 0.717) is 0 Å². The molecule has 0 fully saturated rings. The number of hydrogen-bond acceptors (Lipinski definition) is 5. The second-order valence-corrected chi connectivity index (χ2v) is 10.4. The molecule has 0 aliphatic heterocycles. The Kier molecular flexibility index (Phi) is 6.03. The fourth-order valence-electron chi connectivity index (χ4n) is 2.87.